The maximum atomic E-state index is 13.6. The lowest BCUT2D eigenvalue weighted by Crippen LogP contribution is -2.62. The van der Waals surface area contributed by atoms with Crippen LogP contribution >= 0.6 is 0 Å². The molecule has 42 heavy (non-hydrogen) atoms. The quantitative estimate of drug-likeness (QED) is 0.379. The molecule has 222 valence electrons. The number of Topliss-reactive ketones (excluding diaryl/α,β-unsaturated/α-hetero) is 1. The number of aromatic amines is 1. The van der Waals surface area contributed by atoms with Gasteiger partial charge in [0.1, 0.15) is 12.6 Å². The first kappa shape index (κ1) is 29.2. The molecule has 0 radical (unpaired) electrons. The Balaban J connectivity index is 1.24. The number of nitrogens with one attached hydrogen (secondary N) is 1. The van der Waals surface area contributed by atoms with Crippen molar-refractivity contribution in [3.8, 4) is 0 Å². The molecule has 0 saturated carbocycles. The minimum atomic E-state index is -0.912. The van der Waals surface area contributed by atoms with Gasteiger partial charge in [-0.25, -0.2) is 4.79 Å². The minimum absolute atomic E-state index is 0.00268. The molecule has 2 aliphatic heterocycles. The van der Waals surface area contributed by atoms with Crippen molar-refractivity contribution in [1.29, 1.82) is 0 Å². The number of pyridine rings is 1. The summed E-state index contributed by atoms with van der Waals surface area (Å²) in [5, 5.41) is 1.00. The van der Waals surface area contributed by atoms with Gasteiger partial charge in [-0.1, -0.05) is 30.3 Å². The summed E-state index contributed by atoms with van der Waals surface area (Å²) in [6.07, 6.45) is 5.91. The van der Waals surface area contributed by atoms with E-state index in [9.17, 15) is 19.2 Å². The number of amides is 3. The highest BCUT2D eigenvalue weighted by molar-refractivity contribution is 5.92. The highest BCUT2D eigenvalue weighted by atomic mass is 16.6. The van der Waals surface area contributed by atoms with Crippen LogP contribution in [0.4, 0.5) is 4.79 Å². The topological polar surface area (TPSA) is 142 Å². The van der Waals surface area contributed by atoms with E-state index in [0.717, 1.165) is 48.1 Å². The smallest absolute Gasteiger partial charge is 0.410 e. The van der Waals surface area contributed by atoms with Crippen molar-refractivity contribution in [3.63, 3.8) is 0 Å². The van der Waals surface area contributed by atoms with E-state index in [0.29, 0.717) is 6.42 Å². The predicted octanol–water partition coefficient (Wildman–Crippen LogP) is 2.64. The van der Waals surface area contributed by atoms with Crippen molar-refractivity contribution in [2.24, 2.45) is 5.73 Å². The molecule has 2 fully saturated rings. The molecule has 2 aromatic heterocycles. The number of benzene rings is 1. The molecule has 0 aliphatic carbocycles. The van der Waals surface area contributed by atoms with Gasteiger partial charge >= 0.3 is 6.09 Å². The summed E-state index contributed by atoms with van der Waals surface area (Å²) in [5.41, 5.74) is 8.91. The fraction of sp³-hybridized carbons (Fsp3) is 0.452. The molecule has 2 atom stereocenters. The van der Waals surface area contributed by atoms with Crippen molar-refractivity contribution in [3.05, 3.63) is 66.1 Å². The minimum Gasteiger partial charge on any atom is -0.445 e. The van der Waals surface area contributed by atoms with Crippen LogP contribution in [-0.4, -0.2) is 93.2 Å². The zero-order valence-corrected chi connectivity index (χ0v) is 23.7. The van der Waals surface area contributed by atoms with E-state index in [-0.39, 0.29) is 63.1 Å². The molecule has 0 bridgehead atoms. The van der Waals surface area contributed by atoms with Gasteiger partial charge < -0.3 is 30.2 Å². The lowest BCUT2D eigenvalue weighted by atomic mass is 10.00. The fourth-order valence-electron chi connectivity index (χ4n) is 5.63. The monoisotopic (exact) mass is 574 g/mol. The van der Waals surface area contributed by atoms with Crippen LogP contribution in [-0.2, 0) is 32.1 Å². The van der Waals surface area contributed by atoms with Gasteiger partial charge in [0.2, 0.25) is 11.8 Å². The van der Waals surface area contributed by atoms with Crippen LogP contribution in [0.1, 0.15) is 43.4 Å². The number of nitrogens with zero attached hydrogens (tertiary/aromatic N) is 4. The summed E-state index contributed by atoms with van der Waals surface area (Å²) < 4.78 is 5.51. The van der Waals surface area contributed by atoms with E-state index in [1.54, 1.807) is 12.4 Å². The van der Waals surface area contributed by atoms with Gasteiger partial charge in [0.15, 0.2) is 5.78 Å². The second-order valence-corrected chi connectivity index (χ2v) is 11.0. The Bertz CT molecular complexity index is 1370. The number of carbonyl (C=O) groups is 4. The number of H-pyrrole nitrogens is 1. The molecule has 3 aromatic rings. The van der Waals surface area contributed by atoms with E-state index in [1.165, 1.54) is 9.80 Å². The number of ether oxygens (including phenoxy) is 1. The number of fused-ring (bicyclic) bond motifs is 1. The molecule has 3 N–H and O–H groups in total. The van der Waals surface area contributed by atoms with E-state index in [4.69, 9.17) is 10.5 Å². The lowest BCUT2D eigenvalue weighted by Gasteiger charge is -2.41. The van der Waals surface area contributed by atoms with Gasteiger partial charge in [-0.05, 0) is 43.4 Å². The van der Waals surface area contributed by atoms with Gasteiger partial charge in [-0.2, -0.15) is 0 Å². The predicted molar refractivity (Wildman–Crippen MR) is 156 cm³/mol. The molecule has 1 aromatic carbocycles. The summed E-state index contributed by atoms with van der Waals surface area (Å²) in [5.74, 6) is -0.541. The van der Waals surface area contributed by atoms with E-state index in [2.05, 4.69) is 9.97 Å². The molecule has 0 unspecified atom stereocenters. The maximum absolute atomic E-state index is 13.6. The van der Waals surface area contributed by atoms with Crippen LogP contribution in [0, 0.1) is 0 Å². The van der Waals surface area contributed by atoms with Crippen LogP contribution in [0.3, 0.4) is 0 Å². The Morgan fingerprint density at radius 1 is 1.00 bits per heavy atom. The molecule has 2 saturated heterocycles. The molecular formula is C31H38N6O5. The lowest BCUT2D eigenvalue weighted by molar-refractivity contribution is -0.144. The molecule has 5 rings (SSSR count). The number of carbonyl (C=O) groups excluding carboxylic acids is 4. The number of rotatable bonds is 10. The first-order chi connectivity index (χ1) is 20.4. The van der Waals surface area contributed by atoms with E-state index >= 15 is 0 Å². The van der Waals surface area contributed by atoms with Crippen molar-refractivity contribution < 1.29 is 23.9 Å². The van der Waals surface area contributed by atoms with Gasteiger partial charge in [-0.15, -0.1) is 0 Å². The Hall–Kier alpha value is -4.25. The summed E-state index contributed by atoms with van der Waals surface area (Å²) in [7, 11) is 0. The van der Waals surface area contributed by atoms with Crippen molar-refractivity contribution in [2.75, 3.05) is 32.7 Å². The van der Waals surface area contributed by atoms with Crippen molar-refractivity contribution in [1.82, 2.24) is 24.7 Å². The summed E-state index contributed by atoms with van der Waals surface area (Å²) in [6, 6.07) is 11.5. The Labute approximate surface area is 245 Å². The average molecular weight is 575 g/mol. The highest BCUT2D eigenvalue weighted by Crippen LogP contribution is 2.20. The van der Waals surface area contributed by atoms with Crippen LogP contribution < -0.4 is 5.73 Å². The third-order valence-electron chi connectivity index (χ3n) is 8.06. The summed E-state index contributed by atoms with van der Waals surface area (Å²) >= 11 is 0. The Morgan fingerprint density at radius 3 is 2.55 bits per heavy atom. The molecule has 0 spiro atoms. The second kappa shape index (κ2) is 13.6. The SMILES string of the molecule is N[C@H](CCC(=O)N1CCCC1)C(=O)N1CCN(C(=O)OCc2ccccc2)C[C@H]1C(=O)CCc1cc2ccncc2[nH]1. The van der Waals surface area contributed by atoms with Crippen LogP contribution in [0.15, 0.2) is 54.9 Å². The summed E-state index contributed by atoms with van der Waals surface area (Å²) in [6.45, 7) is 2.00. The largest absolute Gasteiger partial charge is 0.445 e. The Morgan fingerprint density at radius 2 is 1.79 bits per heavy atom. The zero-order chi connectivity index (χ0) is 29.5. The third kappa shape index (κ3) is 7.14. The fourth-order valence-corrected chi connectivity index (χ4v) is 5.63. The molecule has 2 aliphatic rings. The standard InChI is InChI=1S/C31H38N6O5/c32-25(9-11-29(39)35-14-4-5-15-35)30(40)37-17-16-36(31(41)42-21-22-6-2-1-3-7-22)20-27(37)28(38)10-8-24-18-23-12-13-33-19-26(23)34-24/h1-3,6-7,12-13,18-19,25,27,34H,4-5,8-11,14-17,20-21,32H2/t25-,27+/m1/s1. The van der Waals surface area contributed by atoms with Gasteiger partial charge in [0, 0.05) is 56.3 Å². The van der Waals surface area contributed by atoms with Crippen LogP contribution in [0.2, 0.25) is 0 Å². The number of aryl methyl sites for hydroxylation is 1. The zero-order valence-electron chi connectivity index (χ0n) is 23.7. The molecule has 4 heterocycles. The molecule has 3 amide bonds. The Kier molecular flexibility index (Phi) is 9.48. The van der Waals surface area contributed by atoms with Crippen molar-refractivity contribution >= 4 is 34.6 Å². The number of nitrogens with two attached hydrogens (primary N) is 1. The average Bonchev–Trinajstić information content (AvgIpc) is 3.71. The number of aromatic nitrogens is 2. The normalized spacial score (nSPS) is 17.8. The third-order valence-corrected chi connectivity index (χ3v) is 8.06. The number of hydrogen-bond acceptors (Lipinski definition) is 7. The van der Waals surface area contributed by atoms with Gasteiger partial charge in [-0.3, -0.25) is 19.4 Å². The maximum Gasteiger partial charge on any atom is 0.410 e. The first-order valence-electron chi connectivity index (χ1n) is 14.6. The number of hydrogen-bond donors (Lipinski definition) is 2. The first-order valence-corrected chi connectivity index (χ1v) is 14.6. The van der Waals surface area contributed by atoms with Crippen molar-refractivity contribution in [2.45, 2.75) is 57.2 Å². The van der Waals surface area contributed by atoms with Gasteiger partial charge in [0.05, 0.1) is 24.3 Å². The number of likely N-dealkylation sites (tertiary alicyclic amines) is 1. The molecular weight excluding hydrogens is 536 g/mol. The van der Waals surface area contributed by atoms with Gasteiger partial charge in [0.25, 0.3) is 0 Å². The van der Waals surface area contributed by atoms with E-state index < -0.39 is 18.2 Å². The van der Waals surface area contributed by atoms with Crippen LogP contribution in [0.25, 0.3) is 10.9 Å². The summed E-state index contributed by atoms with van der Waals surface area (Å²) in [4.78, 5) is 64.7. The molecule has 11 nitrogen and oxygen atoms in total. The molecule has 11 heteroatoms. The van der Waals surface area contributed by atoms with Crippen LogP contribution in [0.5, 0.6) is 0 Å². The highest BCUT2D eigenvalue weighted by Gasteiger charge is 2.38. The second-order valence-electron chi connectivity index (χ2n) is 11.0. The number of piperazine rings is 1. The number of ketones is 1. The van der Waals surface area contributed by atoms with E-state index in [1.807, 2.05) is 47.4 Å².